The molecule has 20 heavy (non-hydrogen) atoms. The van der Waals surface area contributed by atoms with Gasteiger partial charge in [-0.15, -0.1) is 0 Å². The van der Waals surface area contributed by atoms with E-state index in [0.717, 1.165) is 42.6 Å². The van der Waals surface area contributed by atoms with Crippen LogP contribution in [0.1, 0.15) is 22.6 Å². The van der Waals surface area contributed by atoms with Crippen molar-refractivity contribution in [2.24, 2.45) is 0 Å². The van der Waals surface area contributed by atoms with E-state index >= 15 is 0 Å². The number of hydrogen-bond donors (Lipinski definition) is 0. The Morgan fingerprint density at radius 3 is 2.70 bits per heavy atom. The van der Waals surface area contributed by atoms with Gasteiger partial charge in [-0.05, 0) is 43.5 Å². The van der Waals surface area contributed by atoms with E-state index in [1.54, 1.807) is 7.11 Å². The van der Waals surface area contributed by atoms with Crippen LogP contribution in [0.5, 0.6) is 5.75 Å². The van der Waals surface area contributed by atoms with Crippen molar-refractivity contribution in [2.45, 2.75) is 26.8 Å². The topological polar surface area (TPSA) is 38.2 Å². The van der Waals surface area contributed by atoms with E-state index in [4.69, 9.17) is 4.74 Å². The Kier molecular flexibility index (Phi) is 3.30. The van der Waals surface area contributed by atoms with Crippen LogP contribution in [0.3, 0.4) is 0 Å². The smallest absolute Gasteiger partial charge is 0.132 e. The molecule has 0 spiro atoms. The van der Waals surface area contributed by atoms with Gasteiger partial charge < -0.3 is 9.64 Å². The lowest BCUT2D eigenvalue weighted by Gasteiger charge is -2.30. The Labute approximate surface area is 119 Å². The predicted octanol–water partition coefficient (Wildman–Crippen LogP) is 2.66. The van der Waals surface area contributed by atoms with E-state index in [-0.39, 0.29) is 0 Å². The predicted molar refractivity (Wildman–Crippen MR) is 79.3 cm³/mol. The summed E-state index contributed by atoms with van der Waals surface area (Å²) in [4.78, 5) is 11.2. The lowest BCUT2D eigenvalue weighted by atomic mass is 9.99. The normalized spacial score (nSPS) is 14.1. The first-order valence-electron chi connectivity index (χ1n) is 6.89. The standard InChI is InChI=1S/C16H19N3O/c1-11-8-16(18-12(2)17-11)19-7-6-13-4-5-15(20-3)9-14(13)10-19/h4-5,8-9H,6-7,10H2,1-3H3. The second kappa shape index (κ2) is 5.12. The van der Waals surface area contributed by atoms with Crippen molar-refractivity contribution < 1.29 is 4.74 Å². The average molecular weight is 269 g/mol. The fraction of sp³-hybridized carbons (Fsp3) is 0.375. The van der Waals surface area contributed by atoms with Crippen LogP contribution in [0.25, 0.3) is 0 Å². The molecule has 1 aromatic heterocycles. The minimum absolute atomic E-state index is 0.830. The minimum atomic E-state index is 0.830. The number of fused-ring (bicyclic) bond motifs is 1. The maximum Gasteiger partial charge on any atom is 0.132 e. The van der Waals surface area contributed by atoms with Crippen LogP contribution in [0.4, 0.5) is 5.82 Å². The highest BCUT2D eigenvalue weighted by Crippen LogP contribution is 2.26. The Hall–Kier alpha value is -2.10. The molecule has 0 atom stereocenters. The van der Waals surface area contributed by atoms with Gasteiger partial charge >= 0.3 is 0 Å². The molecule has 0 saturated carbocycles. The van der Waals surface area contributed by atoms with Gasteiger partial charge in [-0.2, -0.15) is 0 Å². The van der Waals surface area contributed by atoms with Crippen molar-refractivity contribution in [1.29, 1.82) is 0 Å². The SMILES string of the molecule is COc1ccc2c(c1)CN(c1cc(C)nc(C)n1)CC2. The molecule has 0 saturated heterocycles. The number of methoxy groups -OCH3 is 1. The maximum absolute atomic E-state index is 5.32. The van der Waals surface area contributed by atoms with Crippen LogP contribution >= 0.6 is 0 Å². The first-order valence-corrected chi connectivity index (χ1v) is 6.89. The largest absolute Gasteiger partial charge is 0.497 e. The Morgan fingerprint density at radius 1 is 1.10 bits per heavy atom. The zero-order chi connectivity index (χ0) is 14.1. The third-order valence-electron chi connectivity index (χ3n) is 3.70. The van der Waals surface area contributed by atoms with Gasteiger partial charge in [0.05, 0.1) is 7.11 Å². The second-order valence-electron chi connectivity index (χ2n) is 5.22. The molecule has 104 valence electrons. The first-order chi connectivity index (χ1) is 9.65. The zero-order valence-electron chi connectivity index (χ0n) is 12.2. The summed E-state index contributed by atoms with van der Waals surface area (Å²) in [6.07, 6.45) is 1.04. The maximum atomic E-state index is 5.32. The van der Waals surface area contributed by atoms with Crippen LogP contribution in [0, 0.1) is 13.8 Å². The number of aryl methyl sites for hydroxylation is 2. The zero-order valence-corrected chi connectivity index (χ0v) is 12.2. The van der Waals surface area contributed by atoms with Gasteiger partial charge in [-0.25, -0.2) is 9.97 Å². The van der Waals surface area contributed by atoms with Gasteiger partial charge in [-0.3, -0.25) is 0 Å². The third-order valence-corrected chi connectivity index (χ3v) is 3.70. The fourth-order valence-electron chi connectivity index (χ4n) is 2.72. The molecule has 0 unspecified atom stereocenters. The van der Waals surface area contributed by atoms with E-state index in [1.165, 1.54) is 11.1 Å². The minimum Gasteiger partial charge on any atom is -0.497 e. The molecule has 0 radical (unpaired) electrons. The van der Waals surface area contributed by atoms with Crippen molar-refractivity contribution in [3.8, 4) is 5.75 Å². The molecule has 2 heterocycles. The molecular weight excluding hydrogens is 250 g/mol. The van der Waals surface area contributed by atoms with Crippen LogP contribution in [-0.2, 0) is 13.0 Å². The molecule has 2 aromatic rings. The molecule has 0 bridgehead atoms. The van der Waals surface area contributed by atoms with Crippen molar-refractivity contribution in [3.63, 3.8) is 0 Å². The fourth-order valence-corrected chi connectivity index (χ4v) is 2.72. The summed E-state index contributed by atoms with van der Waals surface area (Å²) < 4.78 is 5.32. The van der Waals surface area contributed by atoms with Crippen LogP contribution in [0.2, 0.25) is 0 Å². The molecule has 0 amide bonds. The molecule has 1 aliphatic rings. The van der Waals surface area contributed by atoms with E-state index in [9.17, 15) is 0 Å². The lowest BCUT2D eigenvalue weighted by Crippen LogP contribution is -2.31. The van der Waals surface area contributed by atoms with E-state index in [0.29, 0.717) is 0 Å². The van der Waals surface area contributed by atoms with Crippen molar-refractivity contribution in [2.75, 3.05) is 18.6 Å². The first kappa shape index (κ1) is 12.9. The molecular formula is C16H19N3O. The molecule has 3 rings (SSSR count). The number of aromatic nitrogens is 2. The van der Waals surface area contributed by atoms with Gasteiger partial charge in [0.25, 0.3) is 0 Å². The highest BCUT2D eigenvalue weighted by atomic mass is 16.5. The summed E-state index contributed by atoms with van der Waals surface area (Å²) in [6.45, 7) is 5.83. The van der Waals surface area contributed by atoms with Crippen molar-refractivity contribution in [3.05, 3.63) is 46.9 Å². The van der Waals surface area contributed by atoms with Gasteiger partial charge in [0.15, 0.2) is 0 Å². The number of nitrogens with zero attached hydrogens (tertiary/aromatic N) is 3. The molecule has 1 aliphatic heterocycles. The number of ether oxygens (including phenoxy) is 1. The number of anilines is 1. The Bertz CT molecular complexity index is 619. The summed E-state index contributed by atoms with van der Waals surface area (Å²) in [6, 6.07) is 8.38. The third kappa shape index (κ3) is 2.46. The molecule has 4 heteroatoms. The number of rotatable bonds is 2. The number of benzene rings is 1. The van der Waals surface area contributed by atoms with Crippen LogP contribution < -0.4 is 9.64 Å². The highest BCUT2D eigenvalue weighted by molar-refractivity contribution is 5.46. The lowest BCUT2D eigenvalue weighted by molar-refractivity contribution is 0.413. The van der Waals surface area contributed by atoms with Gasteiger partial charge in [0, 0.05) is 24.8 Å². The molecule has 0 fully saturated rings. The van der Waals surface area contributed by atoms with Crippen LogP contribution in [-0.4, -0.2) is 23.6 Å². The molecule has 1 aromatic carbocycles. The molecule has 0 aliphatic carbocycles. The Balaban J connectivity index is 1.90. The molecule has 0 N–H and O–H groups in total. The van der Waals surface area contributed by atoms with E-state index in [2.05, 4.69) is 33.1 Å². The second-order valence-corrected chi connectivity index (χ2v) is 5.22. The number of hydrogen-bond acceptors (Lipinski definition) is 4. The monoisotopic (exact) mass is 269 g/mol. The van der Waals surface area contributed by atoms with Gasteiger partial charge in [0.2, 0.25) is 0 Å². The Morgan fingerprint density at radius 2 is 1.95 bits per heavy atom. The summed E-state index contributed by atoms with van der Waals surface area (Å²) in [7, 11) is 1.71. The van der Waals surface area contributed by atoms with Crippen molar-refractivity contribution in [1.82, 2.24) is 9.97 Å². The quantitative estimate of drug-likeness (QED) is 0.840. The van der Waals surface area contributed by atoms with Gasteiger partial charge in [-0.1, -0.05) is 6.07 Å². The van der Waals surface area contributed by atoms with E-state index < -0.39 is 0 Å². The average Bonchev–Trinajstić information content (AvgIpc) is 2.45. The summed E-state index contributed by atoms with van der Waals surface area (Å²) >= 11 is 0. The summed E-state index contributed by atoms with van der Waals surface area (Å²) in [5.41, 5.74) is 3.75. The van der Waals surface area contributed by atoms with Gasteiger partial charge in [0.1, 0.15) is 17.4 Å². The van der Waals surface area contributed by atoms with Crippen molar-refractivity contribution >= 4 is 5.82 Å². The molecule has 4 nitrogen and oxygen atoms in total. The summed E-state index contributed by atoms with van der Waals surface area (Å²) in [5.74, 6) is 2.76. The van der Waals surface area contributed by atoms with E-state index in [1.807, 2.05) is 19.9 Å². The highest BCUT2D eigenvalue weighted by Gasteiger charge is 2.18. The van der Waals surface area contributed by atoms with Crippen LogP contribution in [0.15, 0.2) is 24.3 Å². The summed E-state index contributed by atoms with van der Waals surface area (Å²) in [5, 5.41) is 0.